The average molecular weight is 353 g/mol. The summed E-state index contributed by atoms with van der Waals surface area (Å²) in [6, 6.07) is 3.26. The second kappa shape index (κ2) is 6.89. The summed E-state index contributed by atoms with van der Waals surface area (Å²) in [4.78, 5) is 1.16. The van der Waals surface area contributed by atoms with Gasteiger partial charge in [-0.1, -0.05) is 12.2 Å². The van der Waals surface area contributed by atoms with E-state index < -0.39 is 11.9 Å². The normalized spacial score (nSPS) is 15.1. The van der Waals surface area contributed by atoms with Crippen molar-refractivity contribution < 1.29 is 23.0 Å². The fraction of sp³-hybridized carbons (Fsp3) is 0.353. The molecule has 1 aliphatic rings. The third-order valence-electron chi connectivity index (χ3n) is 4.00. The number of halogens is 3. The van der Waals surface area contributed by atoms with Crippen molar-refractivity contribution in [2.45, 2.75) is 19.3 Å². The Morgan fingerprint density at radius 1 is 1.32 bits per heavy atom. The molecule has 3 rings (SSSR count). The van der Waals surface area contributed by atoms with E-state index >= 15 is 0 Å². The zero-order valence-electron chi connectivity index (χ0n) is 13.6. The van der Waals surface area contributed by atoms with Gasteiger partial charge in [0.15, 0.2) is 0 Å². The number of alkyl halides is 3. The van der Waals surface area contributed by atoms with Crippen LogP contribution in [-0.2, 0) is 17.9 Å². The molecule has 1 aromatic carbocycles. The number of rotatable bonds is 5. The Morgan fingerprint density at radius 3 is 2.80 bits per heavy atom. The van der Waals surface area contributed by atoms with Crippen LogP contribution in [0.5, 0.6) is 0 Å². The maximum atomic E-state index is 13.3. The zero-order chi connectivity index (χ0) is 18.0. The number of fused-ring (bicyclic) bond motifs is 1. The molecule has 0 fully saturated rings. The minimum absolute atomic E-state index is 0.0850. The van der Waals surface area contributed by atoms with E-state index in [1.807, 2.05) is 0 Å². The maximum Gasteiger partial charge on any atom is 0.431 e. The third kappa shape index (κ3) is 3.54. The summed E-state index contributed by atoms with van der Waals surface area (Å²) in [5, 5.41) is 14.7. The Bertz CT molecular complexity index is 824. The highest BCUT2D eigenvalue weighted by atomic mass is 19.4. The van der Waals surface area contributed by atoms with E-state index in [9.17, 15) is 18.3 Å². The molecule has 2 aromatic rings. The van der Waals surface area contributed by atoms with Crippen molar-refractivity contribution in [1.82, 2.24) is 9.78 Å². The standard InChI is InChI=1S/C17H18F3N3O2/c1-25-7-6-22-10-12-9-15(13(11-24)8-14(12)21-22)23-5-3-2-4-16(23)17(18,19)20/h2-4,8-10,24H,5-7,11H2,1H3. The molecule has 1 aliphatic heterocycles. The molecular weight excluding hydrogens is 335 g/mol. The van der Waals surface area contributed by atoms with Crippen molar-refractivity contribution in [3.63, 3.8) is 0 Å². The molecule has 2 heterocycles. The van der Waals surface area contributed by atoms with Gasteiger partial charge in [-0.05, 0) is 18.2 Å². The first-order valence-corrected chi connectivity index (χ1v) is 7.75. The number of methoxy groups -OCH3 is 1. The van der Waals surface area contributed by atoms with Gasteiger partial charge < -0.3 is 14.7 Å². The molecular formula is C17H18F3N3O2. The molecule has 8 heteroatoms. The number of anilines is 1. The second-order valence-corrected chi connectivity index (χ2v) is 5.67. The fourth-order valence-electron chi connectivity index (χ4n) is 2.82. The monoisotopic (exact) mass is 353 g/mol. The Hall–Kier alpha value is -2.32. The van der Waals surface area contributed by atoms with Gasteiger partial charge in [-0.15, -0.1) is 0 Å². The second-order valence-electron chi connectivity index (χ2n) is 5.67. The average Bonchev–Trinajstić information content (AvgIpc) is 2.99. The van der Waals surface area contributed by atoms with Crippen LogP contribution in [0.2, 0.25) is 0 Å². The third-order valence-corrected chi connectivity index (χ3v) is 4.00. The van der Waals surface area contributed by atoms with E-state index in [4.69, 9.17) is 4.74 Å². The summed E-state index contributed by atoms with van der Waals surface area (Å²) >= 11 is 0. The SMILES string of the molecule is COCCn1cc2cc(N3CC=CC=C3C(F)(F)F)c(CO)cc2n1. The van der Waals surface area contributed by atoms with Crippen LogP contribution in [0.4, 0.5) is 18.9 Å². The van der Waals surface area contributed by atoms with Gasteiger partial charge in [0.05, 0.1) is 25.3 Å². The molecule has 0 saturated carbocycles. The van der Waals surface area contributed by atoms with E-state index in [2.05, 4.69) is 5.10 Å². The predicted molar refractivity (Wildman–Crippen MR) is 88.2 cm³/mol. The largest absolute Gasteiger partial charge is 0.431 e. The fourth-order valence-corrected chi connectivity index (χ4v) is 2.82. The predicted octanol–water partition coefficient (Wildman–Crippen LogP) is 3.00. The number of allylic oxidation sites excluding steroid dienone is 3. The summed E-state index contributed by atoms with van der Waals surface area (Å²) in [7, 11) is 1.58. The number of nitrogens with zero attached hydrogens (tertiary/aromatic N) is 3. The van der Waals surface area contributed by atoms with Gasteiger partial charge in [-0.25, -0.2) is 0 Å². The number of ether oxygens (including phenoxy) is 1. The molecule has 0 amide bonds. The summed E-state index contributed by atoms with van der Waals surface area (Å²) in [5.41, 5.74) is 0.592. The molecule has 0 unspecified atom stereocenters. The highest BCUT2D eigenvalue weighted by Gasteiger charge is 2.39. The number of aliphatic hydroxyl groups is 1. The van der Waals surface area contributed by atoms with Gasteiger partial charge in [0, 0.05) is 36.5 Å². The quantitative estimate of drug-likeness (QED) is 0.898. The van der Waals surface area contributed by atoms with E-state index in [0.29, 0.717) is 35.3 Å². The van der Waals surface area contributed by atoms with Gasteiger partial charge in [0.2, 0.25) is 0 Å². The Labute approximate surface area is 142 Å². The molecule has 25 heavy (non-hydrogen) atoms. The number of hydrogen-bond acceptors (Lipinski definition) is 4. The molecule has 1 N–H and O–H groups in total. The number of hydrogen-bond donors (Lipinski definition) is 1. The summed E-state index contributed by atoms with van der Waals surface area (Å²) < 4.78 is 46.7. The molecule has 0 saturated heterocycles. The van der Waals surface area contributed by atoms with Crippen LogP contribution in [0.1, 0.15) is 5.56 Å². The summed E-state index contributed by atoms with van der Waals surface area (Å²) in [6.07, 6.45) is 1.35. The number of aromatic nitrogens is 2. The highest BCUT2D eigenvalue weighted by Crippen LogP contribution is 2.36. The lowest BCUT2D eigenvalue weighted by Gasteiger charge is -2.31. The maximum absolute atomic E-state index is 13.3. The lowest BCUT2D eigenvalue weighted by atomic mass is 10.1. The molecule has 1 aromatic heterocycles. The van der Waals surface area contributed by atoms with Crippen molar-refractivity contribution in [2.24, 2.45) is 0 Å². The van der Waals surface area contributed by atoms with Crippen LogP contribution in [0.25, 0.3) is 10.9 Å². The zero-order valence-corrected chi connectivity index (χ0v) is 13.6. The molecule has 0 radical (unpaired) electrons. The number of benzene rings is 1. The highest BCUT2D eigenvalue weighted by molar-refractivity contribution is 5.85. The van der Waals surface area contributed by atoms with Gasteiger partial charge in [0.1, 0.15) is 5.70 Å². The van der Waals surface area contributed by atoms with Crippen LogP contribution in [0.3, 0.4) is 0 Å². The Morgan fingerprint density at radius 2 is 2.12 bits per heavy atom. The van der Waals surface area contributed by atoms with Crippen molar-refractivity contribution in [3.05, 3.63) is 47.8 Å². The molecule has 0 bridgehead atoms. The molecule has 5 nitrogen and oxygen atoms in total. The van der Waals surface area contributed by atoms with Crippen LogP contribution in [0.15, 0.2) is 42.3 Å². The van der Waals surface area contributed by atoms with Crippen molar-refractivity contribution in [2.75, 3.05) is 25.2 Å². The minimum Gasteiger partial charge on any atom is -0.392 e. The Balaban J connectivity index is 2.05. The smallest absolute Gasteiger partial charge is 0.392 e. The molecule has 0 atom stereocenters. The van der Waals surface area contributed by atoms with Crippen molar-refractivity contribution in [3.8, 4) is 0 Å². The van der Waals surface area contributed by atoms with Crippen LogP contribution < -0.4 is 4.90 Å². The van der Waals surface area contributed by atoms with Gasteiger partial charge >= 0.3 is 6.18 Å². The van der Waals surface area contributed by atoms with Crippen molar-refractivity contribution in [1.29, 1.82) is 0 Å². The summed E-state index contributed by atoms with van der Waals surface area (Å²) in [5.74, 6) is 0. The van der Waals surface area contributed by atoms with Crippen LogP contribution in [0, 0.1) is 0 Å². The first kappa shape index (κ1) is 17.5. The van der Waals surface area contributed by atoms with Gasteiger partial charge in [-0.3, -0.25) is 4.68 Å². The van der Waals surface area contributed by atoms with Crippen LogP contribution in [-0.4, -0.2) is 41.3 Å². The lowest BCUT2D eigenvalue weighted by Crippen LogP contribution is -2.34. The molecule has 0 aliphatic carbocycles. The first-order valence-electron chi connectivity index (χ1n) is 7.75. The molecule has 134 valence electrons. The van der Waals surface area contributed by atoms with E-state index in [1.54, 1.807) is 36.2 Å². The van der Waals surface area contributed by atoms with Crippen molar-refractivity contribution >= 4 is 16.6 Å². The van der Waals surface area contributed by atoms with Crippen LogP contribution >= 0.6 is 0 Å². The first-order chi connectivity index (χ1) is 11.9. The summed E-state index contributed by atoms with van der Waals surface area (Å²) in [6.45, 7) is 0.726. The van der Waals surface area contributed by atoms with E-state index in [1.165, 1.54) is 6.08 Å². The lowest BCUT2D eigenvalue weighted by molar-refractivity contribution is -0.0933. The Kier molecular flexibility index (Phi) is 4.82. The molecule has 0 spiro atoms. The van der Waals surface area contributed by atoms with E-state index in [0.717, 1.165) is 11.0 Å². The topological polar surface area (TPSA) is 50.5 Å². The minimum atomic E-state index is -4.48. The van der Waals surface area contributed by atoms with Gasteiger partial charge in [-0.2, -0.15) is 18.3 Å². The van der Waals surface area contributed by atoms with E-state index in [-0.39, 0.29) is 13.2 Å². The van der Waals surface area contributed by atoms with Gasteiger partial charge in [0.25, 0.3) is 0 Å². The number of aliphatic hydroxyl groups excluding tert-OH is 1.